The lowest BCUT2D eigenvalue weighted by atomic mass is 10.0. The zero-order valence-electron chi connectivity index (χ0n) is 15.0. The number of rotatable bonds is 3. The average Bonchev–Trinajstić information content (AvgIpc) is 2.97. The molecule has 0 fully saturated rings. The molecule has 0 amide bonds. The molecule has 5 heteroatoms. The summed E-state index contributed by atoms with van der Waals surface area (Å²) in [5.41, 5.74) is 6.27. The average molecular weight is 346 g/mol. The number of benzene rings is 2. The third-order valence-corrected chi connectivity index (χ3v) is 4.64. The molecule has 3 aromatic rings. The number of carbonyl (C=O) groups excluding carboxylic acids is 1. The number of carbonyl (C=O) groups is 1. The zero-order valence-corrected chi connectivity index (χ0v) is 15.0. The van der Waals surface area contributed by atoms with Gasteiger partial charge in [-0.25, -0.2) is 0 Å². The largest absolute Gasteiger partial charge is 0.380 e. The first-order valence-corrected chi connectivity index (χ1v) is 8.85. The van der Waals surface area contributed by atoms with Gasteiger partial charge in [0.2, 0.25) is 0 Å². The molecule has 0 saturated carbocycles. The molecule has 1 aliphatic rings. The first kappa shape index (κ1) is 16.4. The monoisotopic (exact) mass is 346 g/mol. The van der Waals surface area contributed by atoms with Crippen molar-refractivity contribution in [1.29, 1.82) is 0 Å². The van der Waals surface area contributed by atoms with Gasteiger partial charge >= 0.3 is 0 Å². The van der Waals surface area contributed by atoms with E-state index < -0.39 is 0 Å². The Morgan fingerprint density at radius 3 is 2.85 bits per heavy atom. The van der Waals surface area contributed by atoms with Gasteiger partial charge in [0.25, 0.3) is 0 Å². The molecule has 4 rings (SSSR count). The van der Waals surface area contributed by atoms with Crippen molar-refractivity contribution in [3.63, 3.8) is 0 Å². The Hall–Kier alpha value is -3.08. The van der Waals surface area contributed by atoms with Crippen molar-refractivity contribution >= 4 is 22.8 Å². The number of Topliss-reactive ketones (excluding diaryl/α,β-unsaturated/α-hetero) is 1. The van der Waals surface area contributed by atoms with Gasteiger partial charge in [0.1, 0.15) is 5.78 Å². The fourth-order valence-corrected chi connectivity index (χ4v) is 3.45. The molecule has 1 atom stereocenters. The lowest BCUT2D eigenvalue weighted by Gasteiger charge is -2.18. The van der Waals surface area contributed by atoms with Crippen molar-refractivity contribution in [2.45, 2.75) is 25.8 Å². The van der Waals surface area contributed by atoms with E-state index >= 15 is 0 Å². The van der Waals surface area contributed by atoms with E-state index in [4.69, 9.17) is 0 Å². The van der Waals surface area contributed by atoms with Gasteiger partial charge in [-0.3, -0.25) is 9.48 Å². The van der Waals surface area contributed by atoms with Crippen molar-refractivity contribution in [3.05, 3.63) is 60.4 Å². The van der Waals surface area contributed by atoms with Crippen molar-refractivity contribution in [2.24, 2.45) is 7.05 Å². The molecule has 2 aromatic carbocycles. The minimum atomic E-state index is 0.133. The van der Waals surface area contributed by atoms with E-state index in [0.717, 1.165) is 33.8 Å². The minimum Gasteiger partial charge on any atom is -0.380 e. The van der Waals surface area contributed by atoms with Crippen LogP contribution in [0.5, 0.6) is 0 Å². The summed E-state index contributed by atoms with van der Waals surface area (Å²) in [4.78, 5) is 12.1. The number of fused-ring (bicyclic) bond motifs is 1. The highest BCUT2D eigenvalue weighted by atomic mass is 16.1. The molecule has 0 bridgehead atoms. The first-order valence-electron chi connectivity index (χ1n) is 8.85. The van der Waals surface area contributed by atoms with E-state index in [2.05, 4.69) is 27.9 Å². The van der Waals surface area contributed by atoms with Crippen LogP contribution in [0.2, 0.25) is 0 Å². The van der Waals surface area contributed by atoms with Gasteiger partial charge in [0.15, 0.2) is 0 Å². The Balaban J connectivity index is 1.66. The van der Waals surface area contributed by atoms with Crippen molar-refractivity contribution in [2.75, 3.05) is 10.6 Å². The summed E-state index contributed by atoms with van der Waals surface area (Å²) in [6, 6.07) is 14.5. The van der Waals surface area contributed by atoms with E-state index in [0.29, 0.717) is 12.8 Å². The zero-order chi connectivity index (χ0) is 18.1. The lowest BCUT2D eigenvalue weighted by molar-refractivity contribution is -0.118. The van der Waals surface area contributed by atoms with Gasteiger partial charge in [-0.1, -0.05) is 24.3 Å². The topological polar surface area (TPSA) is 59.0 Å². The molecule has 0 saturated heterocycles. The molecule has 0 spiro atoms. The molecule has 0 unspecified atom stereocenters. The predicted octanol–water partition coefficient (Wildman–Crippen LogP) is 4.15. The summed E-state index contributed by atoms with van der Waals surface area (Å²) in [5, 5.41) is 11.3. The number of aromatic nitrogens is 2. The Morgan fingerprint density at radius 2 is 2.04 bits per heavy atom. The molecule has 5 nitrogen and oxygen atoms in total. The standard InChI is InChI=1S/C21H22N4O/c1-14-9-19(26)11-16-6-4-8-20(21(16)23-14)24-18-7-3-5-15(10-18)17-12-22-25(2)13-17/h3-8,10,12-14,23-24H,9,11H2,1-2H3/t14-/m1/s1. The van der Waals surface area contributed by atoms with Crippen LogP contribution in [0.15, 0.2) is 54.9 Å². The van der Waals surface area contributed by atoms with E-state index in [1.165, 1.54) is 0 Å². The van der Waals surface area contributed by atoms with Crippen LogP contribution in [0.3, 0.4) is 0 Å². The molecule has 1 aliphatic heterocycles. The Bertz CT molecular complexity index is 960. The summed E-state index contributed by atoms with van der Waals surface area (Å²) >= 11 is 0. The SMILES string of the molecule is C[C@@H]1CC(=O)Cc2cccc(Nc3cccc(-c4cnn(C)c4)c3)c2N1. The van der Waals surface area contributed by atoms with E-state index in [9.17, 15) is 4.79 Å². The van der Waals surface area contributed by atoms with Gasteiger partial charge in [-0.15, -0.1) is 0 Å². The number of aryl methyl sites for hydroxylation is 1. The van der Waals surface area contributed by atoms with E-state index in [1.807, 2.05) is 56.7 Å². The summed E-state index contributed by atoms with van der Waals surface area (Å²) in [6.45, 7) is 2.05. The number of hydrogen-bond acceptors (Lipinski definition) is 4. The minimum absolute atomic E-state index is 0.133. The van der Waals surface area contributed by atoms with Gasteiger partial charge in [0.05, 0.1) is 17.6 Å². The van der Waals surface area contributed by atoms with Crippen molar-refractivity contribution in [3.8, 4) is 11.1 Å². The molecule has 0 aliphatic carbocycles. The summed E-state index contributed by atoms with van der Waals surface area (Å²) in [5.74, 6) is 0.277. The van der Waals surface area contributed by atoms with Crippen LogP contribution in [-0.4, -0.2) is 21.6 Å². The maximum absolute atomic E-state index is 12.1. The molecule has 2 heterocycles. The molecule has 26 heavy (non-hydrogen) atoms. The van der Waals surface area contributed by atoms with E-state index in [-0.39, 0.29) is 11.8 Å². The van der Waals surface area contributed by atoms with Crippen LogP contribution in [-0.2, 0) is 18.3 Å². The Morgan fingerprint density at radius 1 is 1.19 bits per heavy atom. The van der Waals surface area contributed by atoms with Crippen LogP contribution in [0.4, 0.5) is 17.1 Å². The number of anilines is 3. The molecule has 2 N–H and O–H groups in total. The van der Waals surface area contributed by atoms with Crippen LogP contribution in [0.1, 0.15) is 18.9 Å². The van der Waals surface area contributed by atoms with E-state index in [1.54, 1.807) is 4.68 Å². The fraction of sp³-hybridized carbons (Fsp3) is 0.238. The lowest BCUT2D eigenvalue weighted by Crippen LogP contribution is -2.17. The summed E-state index contributed by atoms with van der Waals surface area (Å²) in [6.07, 6.45) is 4.91. The molecular weight excluding hydrogens is 324 g/mol. The molecular formula is C21H22N4O. The van der Waals surface area contributed by atoms with Crippen LogP contribution in [0.25, 0.3) is 11.1 Å². The van der Waals surface area contributed by atoms with Gasteiger partial charge in [-0.05, 0) is 36.2 Å². The maximum Gasteiger partial charge on any atom is 0.139 e. The van der Waals surface area contributed by atoms with Gasteiger partial charge in [-0.2, -0.15) is 5.10 Å². The summed E-state index contributed by atoms with van der Waals surface area (Å²) in [7, 11) is 1.92. The normalized spacial score (nSPS) is 16.5. The molecule has 0 radical (unpaired) electrons. The second-order valence-corrected chi connectivity index (χ2v) is 6.91. The second-order valence-electron chi connectivity index (χ2n) is 6.91. The number of hydrogen-bond donors (Lipinski definition) is 2. The smallest absolute Gasteiger partial charge is 0.139 e. The number of ketones is 1. The number of nitrogens with one attached hydrogen (secondary N) is 2. The first-order chi connectivity index (χ1) is 12.6. The van der Waals surface area contributed by atoms with Crippen molar-refractivity contribution < 1.29 is 4.79 Å². The fourth-order valence-electron chi connectivity index (χ4n) is 3.45. The molecule has 1 aromatic heterocycles. The summed E-state index contributed by atoms with van der Waals surface area (Å²) < 4.78 is 1.80. The Labute approximate surface area is 153 Å². The maximum atomic E-state index is 12.1. The third-order valence-electron chi connectivity index (χ3n) is 4.64. The second kappa shape index (κ2) is 6.67. The Kier molecular flexibility index (Phi) is 4.21. The molecule has 132 valence electrons. The number of para-hydroxylation sites is 1. The quantitative estimate of drug-likeness (QED) is 0.748. The predicted molar refractivity (Wildman–Crippen MR) is 105 cm³/mol. The highest BCUT2D eigenvalue weighted by Crippen LogP contribution is 2.33. The van der Waals surface area contributed by atoms with Crippen LogP contribution < -0.4 is 10.6 Å². The van der Waals surface area contributed by atoms with Crippen LogP contribution >= 0.6 is 0 Å². The number of nitrogens with zero attached hydrogens (tertiary/aromatic N) is 2. The highest BCUT2D eigenvalue weighted by molar-refractivity contribution is 5.89. The van der Waals surface area contributed by atoms with Crippen molar-refractivity contribution in [1.82, 2.24) is 9.78 Å². The van der Waals surface area contributed by atoms with Gasteiger partial charge < -0.3 is 10.6 Å². The van der Waals surface area contributed by atoms with Crippen LogP contribution in [0, 0.1) is 0 Å². The third kappa shape index (κ3) is 3.33. The highest BCUT2D eigenvalue weighted by Gasteiger charge is 2.20. The van der Waals surface area contributed by atoms with Gasteiger partial charge in [0, 0.05) is 43.4 Å².